The van der Waals surface area contributed by atoms with Gasteiger partial charge in [-0.3, -0.25) is 43.3 Å². The molecule has 8 amide bonds. The van der Waals surface area contributed by atoms with Crippen LogP contribution in [0.5, 0.6) is 0 Å². The first-order chi connectivity index (χ1) is 21.1. The van der Waals surface area contributed by atoms with Crippen molar-refractivity contribution in [2.45, 2.75) is 89.5 Å². The number of carbonyl (C=O) groups is 8. The van der Waals surface area contributed by atoms with E-state index in [1.165, 1.54) is 20.8 Å². The molecule has 13 N–H and O–H groups in total. The molecule has 1 aliphatic heterocycles. The molecule has 1 saturated heterocycles. The predicted molar refractivity (Wildman–Crippen MR) is 160 cm³/mol. The molecule has 1 aliphatic rings. The van der Waals surface area contributed by atoms with Crippen molar-refractivity contribution >= 4 is 53.2 Å². The molecule has 0 radical (unpaired) electrons. The summed E-state index contributed by atoms with van der Waals surface area (Å²) in [5.74, 6) is -5.74. The van der Waals surface area contributed by atoms with Gasteiger partial charge < -0.3 is 54.4 Å². The molecule has 0 spiro atoms. The monoisotopic (exact) mass is 639 g/mol. The SMILES string of the molecule is CC(=O)N[C@@H](CCCN=C(N)N)C(=O)N[C@H]1CCCCNC(=O)C[C@@H](C(N)=O)NC(=O)[C@H](C)NC(=O)CNC(=O)[C@H](C)NC1=O. The fraction of sp³-hybridized carbons (Fsp3) is 0.654. The van der Waals surface area contributed by atoms with Crippen LogP contribution in [-0.4, -0.2) is 103 Å². The van der Waals surface area contributed by atoms with E-state index >= 15 is 0 Å². The number of aliphatic imine (C=N–C) groups is 1. The van der Waals surface area contributed by atoms with E-state index in [9.17, 15) is 38.4 Å². The van der Waals surface area contributed by atoms with Crippen LogP contribution < -0.4 is 54.4 Å². The van der Waals surface area contributed by atoms with E-state index in [2.05, 4.69) is 42.2 Å². The Morgan fingerprint density at radius 1 is 0.889 bits per heavy atom. The third-order valence-corrected chi connectivity index (χ3v) is 6.51. The second-order valence-electron chi connectivity index (χ2n) is 10.5. The fourth-order valence-corrected chi connectivity index (χ4v) is 4.10. The van der Waals surface area contributed by atoms with Crippen LogP contribution in [0.15, 0.2) is 4.99 Å². The van der Waals surface area contributed by atoms with Gasteiger partial charge in [-0.25, -0.2) is 0 Å². The van der Waals surface area contributed by atoms with Crippen molar-refractivity contribution in [1.29, 1.82) is 0 Å². The topological polar surface area (TPSA) is 311 Å². The summed E-state index contributed by atoms with van der Waals surface area (Å²) in [5.41, 5.74) is 16.0. The minimum absolute atomic E-state index is 0.0861. The van der Waals surface area contributed by atoms with Crippen molar-refractivity contribution in [3.05, 3.63) is 0 Å². The summed E-state index contributed by atoms with van der Waals surface area (Å²) in [6.07, 6.45) is 0.812. The molecule has 0 aliphatic carbocycles. The highest BCUT2D eigenvalue weighted by molar-refractivity contribution is 5.96. The number of hydrogen-bond donors (Lipinski definition) is 10. The maximum atomic E-state index is 13.2. The summed E-state index contributed by atoms with van der Waals surface area (Å²) >= 11 is 0. The average molecular weight is 640 g/mol. The molecule has 0 aromatic heterocycles. The molecule has 0 unspecified atom stereocenters. The quantitative estimate of drug-likeness (QED) is 0.0683. The molecule has 252 valence electrons. The van der Waals surface area contributed by atoms with Crippen LogP contribution in [0.4, 0.5) is 0 Å². The van der Waals surface area contributed by atoms with E-state index in [0.29, 0.717) is 19.3 Å². The Labute approximate surface area is 260 Å². The van der Waals surface area contributed by atoms with Gasteiger partial charge in [0, 0.05) is 20.0 Å². The minimum atomic E-state index is -1.35. The second kappa shape index (κ2) is 19.3. The molecule has 1 heterocycles. The van der Waals surface area contributed by atoms with Crippen molar-refractivity contribution in [3.63, 3.8) is 0 Å². The van der Waals surface area contributed by atoms with Crippen LogP contribution in [0.1, 0.15) is 59.3 Å². The van der Waals surface area contributed by atoms with Gasteiger partial charge in [0.2, 0.25) is 47.3 Å². The van der Waals surface area contributed by atoms with E-state index < -0.39 is 90.4 Å². The van der Waals surface area contributed by atoms with Gasteiger partial charge in [0.25, 0.3) is 0 Å². The smallest absolute Gasteiger partial charge is 0.243 e. The third kappa shape index (κ3) is 15.4. The Bertz CT molecular complexity index is 1140. The zero-order chi connectivity index (χ0) is 34.1. The Morgan fingerprint density at radius 3 is 2.18 bits per heavy atom. The third-order valence-electron chi connectivity index (χ3n) is 6.51. The summed E-state index contributed by atoms with van der Waals surface area (Å²) in [6, 6.07) is -5.76. The Balaban J connectivity index is 3.09. The van der Waals surface area contributed by atoms with Gasteiger partial charge in [-0.2, -0.15) is 0 Å². The van der Waals surface area contributed by atoms with Crippen LogP contribution in [-0.2, 0) is 38.4 Å². The summed E-state index contributed by atoms with van der Waals surface area (Å²) < 4.78 is 0. The first kappa shape index (κ1) is 38.1. The van der Waals surface area contributed by atoms with E-state index in [0.717, 1.165) is 0 Å². The summed E-state index contributed by atoms with van der Waals surface area (Å²) in [6.45, 7) is 3.73. The van der Waals surface area contributed by atoms with Gasteiger partial charge in [-0.05, 0) is 46.0 Å². The molecule has 0 saturated carbocycles. The standard InChI is InChI=1S/C26H45N11O8/c1-13-22(42)32-12-20(40)33-14(2)23(43)37-18(21(27)41)11-19(39)30-9-5-4-7-17(24(44)34-13)36-25(45)16(35-15(3)38)8-6-10-31-26(28)29/h13-14,16-18H,4-12H2,1-3H3,(H2,27,41)(H,30,39)(H,32,42)(H,33,40)(H,34,44)(H,35,38)(H,36,45)(H,37,43)(H4,28,29,31)/t13-,14-,16-,17-,18-/m0/s1. The van der Waals surface area contributed by atoms with Gasteiger partial charge in [-0.1, -0.05) is 0 Å². The van der Waals surface area contributed by atoms with E-state index in [1.807, 2.05) is 0 Å². The maximum Gasteiger partial charge on any atom is 0.243 e. The zero-order valence-electron chi connectivity index (χ0n) is 25.7. The maximum absolute atomic E-state index is 13.2. The van der Waals surface area contributed by atoms with Crippen LogP contribution >= 0.6 is 0 Å². The van der Waals surface area contributed by atoms with Gasteiger partial charge in [0.05, 0.1) is 13.0 Å². The average Bonchev–Trinajstić information content (AvgIpc) is 2.94. The van der Waals surface area contributed by atoms with Gasteiger partial charge >= 0.3 is 0 Å². The van der Waals surface area contributed by atoms with Crippen molar-refractivity contribution in [3.8, 4) is 0 Å². The molecule has 1 fully saturated rings. The normalized spacial score (nSPS) is 23.4. The lowest BCUT2D eigenvalue weighted by atomic mass is 10.1. The van der Waals surface area contributed by atoms with Crippen molar-refractivity contribution in [2.75, 3.05) is 19.6 Å². The molecule has 1 rings (SSSR count). The molecule has 45 heavy (non-hydrogen) atoms. The van der Waals surface area contributed by atoms with E-state index in [1.54, 1.807) is 0 Å². The van der Waals surface area contributed by atoms with Crippen LogP contribution in [0.2, 0.25) is 0 Å². The number of primary amides is 1. The van der Waals surface area contributed by atoms with Crippen LogP contribution in [0, 0.1) is 0 Å². The highest BCUT2D eigenvalue weighted by atomic mass is 16.2. The number of carbonyl (C=O) groups excluding carboxylic acids is 8. The van der Waals surface area contributed by atoms with E-state index in [-0.39, 0.29) is 31.9 Å². The fourth-order valence-electron chi connectivity index (χ4n) is 4.10. The first-order valence-electron chi connectivity index (χ1n) is 14.5. The van der Waals surface area contributed by atoms with Crippen LogP contribution in [0.3, 0.4) is 0 Å². The number of nitrogens with one attached hydrogen (secondary N) is 7. The zero-order valence-corrected chi connectivity index (χ0v) is 25.7. The number of nitrogens with zero attached hydrogens (tertiary/aromatic N) is 1. The molecular weight excluding hydrogens is 594 g/mol. The first-order valence-corrected chi connectivity index (χ1v) is 14.5. The Morgan fingerprint density at radius 2 is 1.56 bits per heavy atom. The summed E-state index contributed by atoms with van der Waals surface area (Å²) in [4.78, 5) is 103. The number of nitrogens with two attached hydrogens (primary N) is 3. The number of guanidine groups is 1. The molecule has 19 nitrogen and oxygen atoms in total. The lowest BCUT2D eigenvalue weighted by Crippen LogP contribution is -2.57. The van der Waals surface area contributed by atoms with Gasteiger partial charge in [0.15, 0.2) is 5.96 Å². The van der Waals surface area contributed by atoms with E-state index in [4.69, 9.17) is 17.2 Å². The largest absolute Gasteiger partial charge is 0.370 e. The van der Waals surface area contributed by atoms with Gasteiger partial charge in [0.1, 0.15) is 30.2 Å². The Kier molecular flexibility index (Phi) is 16.4. The molecular formula is C26H45N11O8. The molecule has 19 heteroatoms. The molecule has 5 atom stereocenters. The predicted octanol–water partition coefficient (Wildman–Crippen LogP) is -5.18. The molecule has 0 aromatic carbocycles. The minimum Gasteiger partial charge on any atom is -0.370 e. The highest BCUT2D eigenvalue weighted by Gasteiger charge is 2.29. The number of rotatable bonds is 8. The molecule has 0 aromatic rings. The number of amides is 8. The van der Waals surface area contributed by atoms with Crippen molar-refractivity contribution < 1.29 is 38.4 Å². The number of hydrogen-bond acceptors (Lipinski definition) is 9. The Hall–Kier alpha value is -4.97. The van der Waals surface area contributed by atoms with Crippen molar-refractivity contribution in [1.82, 2.24) is 37.2 Å². The lowest BCUT2D eigenvalue weighted by Gasteiger charge is -2.24. The van der Waals surface area contributed by atoms with Crippen LogP contribution in [0.25, 0.3) is 0 Å². The highest BCUT2D eigenvalue weighted by Crippen LogP contribution is 2.06. The molecule has 0 bridgehead atoms. The summed E-state index contributed by atoms with van der Waals surface area (Å²) in [7, 11) is 0. The van der Waals surface area contributed by atoms with Gasteiger partial charge in [-0.15, -0.1) is 0 Å². The van der Waals surface area contributed by atoms with Crippen molar-refractivity contribution in [2.24, 2.45) is 22.2 Å². The summed E-state index contributed by atoms with van der Waals surface area (Å²) in [5, 5.41) is 17.2. The second-order valence-corrected chi connectivity index (χ2v) is 10.5. The lowest BCUT2D eigenvalue weighted by molar-refractivity contribution is -0.134.